The highest BCUT2D eigenvalue weighted by Gasteiger charge is 2.35. The van der Waals surface area contributed by atoms with Crippen molar-refractivity contribution in [3.63, 3.8) is 0 Å². The molecule has 1 amide bonds. The highest BCUT2D eigenvalue weighted by atomic mass is 32.2. The molecule has 0 N–H and O–H groups in total. The lowest BCUT2D eigenvalue weighted by atomic mass is 10.0. The van der Waals surface area contributed by atoms with E-state index in [1.807, 2.05) is 0 Å². The van der Waals surface area contributed by atoms with Crippen LogP contribution >= 0.6 is 0 Å². The first-order valence-corrected chi connectivity index (χ1v) is 9.42. The summed E-state index contributed by atoms with van der Waals surface area (Å²) in [5.74, 6) is -0.659. The molecule has 0 aromatic heterocycles. The van der Waals surface area contributed by atoms with E-state index in [9.17, 15) is 17.6 Å². The van der Waals surface area contributed by atoms with Crippen LogP contribution in [0.2, 0.25) is 0 Å². The zero-order chi connectivity index (χ0) is 17.3. The van der Waals surface area contributed by atoms with E-state index < -0.39 is 21.9 Å². The van der Waals surface area contributed by atoms with Gasteiger partial charge in [-0.2, -0.15) is 4.31 Å². The van der Waals surface area contributed by atoms with Gasteiger partial charge in [-0.15, -0.1) is 0 Å². The second-order valence-electron chi connectivity index (χ2n) is 5.80. The lowest BCUT2D eigenvalue weighted by Crippen LogP contribution is -2.52. The van der Waals surface area contributed by atoms with Gasteiger partial charge in [0, 0.05) is 38.2 Å². The van der Waals surface area contributed by atoms with Crippen LogP contribution in [-0.2, 0) is 19.7 Å². The van der Waals surface area contributed by atoms with Gasteiger partial charge >= 0.3 is 0 Å². The minimum absolute atomic E-state index is 0.200. The molecule has 2 aliphatic rings. The Balaban J connectivity index is 1.60. The first-order valence-electron chi connectivity index (χ1n) is 7.58. The summed E-state index contributed by atoms with van der Waals surface area (Å²) in [7, 11) is -3.24. The molecule has 0 bridgehead atoms. The van der Waals surface area contributed by atoms with E-state index >= 15 is 0 Å². The summed E-state index contributed by atoms with van der Waals surface area (Å²) >= 11 is 0. The third kappa shape index (κ3) is 3.41. The van der Waals surface area contributed by atoms with Crippen LogP contribution in [0.4, 0.5) is 4.39 Å². The fourth-order valence-corrected chi connectivity index (χ4v) is 3.63. The highest BCUT2D eigenvalue weighted by molar-refractivity contribution is 7.88. The fourth-order valence-electron chi connectivity index (χ4n) is 2.81. The van der Waals surface area contributed by atoms with Gasteiger partial charge < -0.3 is 9.74 Å². The van der Waals surface area contributed by atoms with Gasteiger partial charge in [-0.05, 0) is 6.07 Å². The van der Waals surface area contributed by atoms with Gasteiger partial charge in [0.2, 0.25) is 16.1 Å². The molecule has 130 valence electrons. The van der Waals surface area contributed by atoms with Crippen LogP contribution in [0.25, 0.3) is 0 Å². The van der Waals surface area contributed by atoms with E-state index in [0.29, 0.717) is 24.4 Å². The maximum absolute atomic E-state index is 13.8. The number of oxime groups is 1. The van der Waals surface area contributed by atoms with E-state index in [2.05, 4.69) is 5.16 Å². The van der Waals surface area contributed by atoms with Crippen LogP contribution in [-0.4, -0.2) is 67.8 Å². The molecule has 24 heavy (non-hydrogen) atoms. The predicted molar refractivity (Wildman–Crippen MR) is 85.4 cm³/mol. The Bertz CT molecular complexity index is 773. The number of carbonyl (C=O) groups is 1. The Kier molecular flexibility index (Phi) is 4.55. The molecule has 0 radical (unpaired) electrons. The van der Waals surface area contributed by atoms with Crippen molar-refractivity contribution in [1.82, 2.24) is 9.21 Å². The number of hydrogen-bond donors (Lipinski definition) is 0. The van der Waals surface area contributed by atoms with Crippen molar-refractivity contribution in [2.75, 3.05) is 32.4 Å². The van der Waals surface area contributed by atoms with Gasteiger partial charge in [-0.25, -0.2) is 12.8 Å². The first kappa shape index (κ1) is 16.8. The summed E-state index contributed by atoms with van der Waals surface area (Å²) in [5, 5.41) is 3.84. The van der Waals surface area contributed by atoms with Crippen LogP contribution in [0.3, 0.4) is 0 Å². The summed E-state index contributed by atoms with van der Waals surface area (Å²) in [6, 6.07) is 6.20. The number of hydrogen-bond acceptors (Lipinski definition) is 5. The van der Waals surface area contributed by atoms with Crippen molar-refractivity contribution >= 4 is 21.6 Å². The average molecular weight is 355 g/mol. The van der Waals surface area contributed by atoms with Crippen LogP contribution in [0.1, 0.15) is 12.0 Å². The van der Waals surface area contributed by atoms with Crippen LogP contribution in [0, 0.1) is 5.82 Å². The predicted octanol–water partition coefficient (Wildman–Crippen LogP) is 0.423. The van der Waals surface area contributed by atoms with Crippen LogP contribution < -0.4 is 0 Å². The summed E-state index contributed by atoms with van der Waals surface area (Å²) in [6.45, 7) is 1.14. The van der Waals surface area contributed by atoms with E-state index in [0.717, 1.165) is 6.26 Å². The minimum Gasteiger partial charge on any atom is -0.382 e. The standard InChI is InChI=1S/C15H18FN3O4S/c1-24(21,22)19-8-6-18(7-9-19)15(20)14-10-13(17-23-14)11-4-2-3-5-12(11)16/h2-5,14H,6-10H2,1H3. The van der Waals surface area contributed by atoms with Gasteiger partial charge in [-0.3, -0.25) is 4.79 Å². The number of carbonyl (C=O) groups excluding carboxylic acids is 1. The van der Waals surface area contributed by atoms with Gasteiger partial charge in [0.15, 0.2) is 0 Å². The zero-order valence-electron chi connectivity index (χ0n) is 13.2. The molecule has 3 rings (SSSR count). The molecule has 1 unspecified atom stereocenters. The fraction of sp³-hybridized carbons (Fsp3) is 0.467. The van der Waals surface area contributed by atoms with Gasteiger partial charge in [0.05, 0.1) is 12.0 Å². The third-order valence-electron chi connectivity index (χ3n) is 4.15. The quantitative estimate of drug-likeness (QED) is 0.787. The summed E-state index contributed by atoms with van der Waals surface area (Å²) in [6.07, 6.45) is 0.565. The van der Waals surface area contributed by atoms with Crippen molar-refractivity contribution in [2.24, 2.45) is 5.16 Å². The lowest BCUT2D eigenvalue weighted by molar-refractivity contribution is -0.143. The molecule has 2 heterocycles. The molecular formula is C15H18FN3O4S. The number of rotatable bonds is 3. The van der Waals surface area contributed by atoms with Crippen molar-refractivity contribution in [3.8, 4) is 0 Å². The Labute approximate surface area is 139 Å². The average Bonchev–Trinajstić information content (AvgIpc) is 3.03. The molecule has 0 aliphatic carbocycles. The number of benzene rings is 1. The molecule has 1 saturated heterocycles. The Morgan fingerprint density at radius 2 is 1.92 bits per heavy atom. The molecule has 2 aliphatic heterocycles. The number of halogens is 1. The minimum atomic E-state index is -3.24. The SMILES string of the molecule is CS(=O)(=O)N1CCN(C(=O)C2CC(c3ccccc3F)=NO2)CC1. The van der Waals surface area contributed by atoms with E-state index in [1.54, 1.807) is 23.1 Å². The topological polar surface area (TPSA) is 79.3 Å². The van der Waals surface area contributed by atoms with Crippen LogP contribution in [0.5, 0.6) is 0 Å². The van der Waals surface area contributed by atoms with E-state index in [4.69, 9.17) is 4.84 Å². The normalized spacial score (nSPS) is 22.2. The third-order valence-corrected chi connectivity index (χ3v) is 5.45. The van der Waals surface area contributed by atoms with Crippen molar-refractivity contribution < 1.29 is 22.4 Å². The largest absolute Gasteiger partial charge is 0.382 e. The lowest BCUT2D eigenvalue weighted by Gasteiger charge is -2.34. The molecule has 1 aromatic rings. The monoisotopic (exact) mass is 355 g/mol. The second-order valence-corrected chi connectivity index (χ2v) is 7.79. The molecule has 7 nitrogen and oxygen atoms in total. The summed E-state index contributed by atoms with van der Waals surface area (Å²) < 4.78 is 38.1. The molecule has 1 atom stereocenters. The Morgan fingerprint density at radius 3 is 2.54 bits per heavy atom. The molecule has 0 saturated carbocycles. The number of sulfonamides is 1. The smallest absolute Gasteiger partial charge is 0.266 e. The van der Waals surface area contributed by atoms with E-state index in [-0.39, 0.29) is 25.4 Å². The maximum Gasteiger partial charge on any atom is 0.266 e. The van der Waals surface area contributed by atoms with Gasteiger partial charge in [-0.1, -0.05) is 23.4 Å². The zero-order valence-corrected chi connectivity index (χ0v) is 14.0. The molecule has 1 fully saturated rings. The summed E-state index contributed by atoms with van der Waals surface area (Å²) in [4.78, 5) is 19.2. The van der Waals surface area contributed by atoms with Gasteiger partial charge in [0.1, 0.15) is 5.82 Å². The van der Waals surface area contributed by atoms with Gasteiger partial charge in [0.25, 0.3) is 5.91 Å². The molecular weight excluding hydrogens is 337 g/mol. The van der Waals surface area contributed by atoms with Crippen molar-refractivity contribution in [2.45, 2.75) is 12.5 Å². The van der Waals surface area contributed by atoms with Crippen LogP contribution in [0.15, 0.2) is 29.4 Å². The number of nitrogens with zero attached hydrogens (tertiary/aromatic N) is 3. The van der Waals surface area contributed by atoms with Crippen molar-refractivity contribution in [3.05, 3.63) is 35.6 Å². The summed E-state index contributed by atoms with van der Waals surface area (Å²) in [5.41, 5.74) is 0.732. The Hall–Kier alpha value is -2.00. The first-order chi connectivity index (χ1) is 11.4. The number of piperazine rings is 1. The van der Waals surface area contributed by atoms with Crippen molar-refractivity contribution in [1.29, 1.82) is 0 Å². The number of amides is 1. The highest BCUT2D eigenvalue weighted by Crippen LogP contribution is 2.21. The Morgan fingerprint density at radius 1 is 1.25 bits per heavy atom. The molecule has 9 heteroatoms. The molecule has 1 aromatic carbocycles. The molecule has 0 spiro atoms. The second kappa shape index (κ2) is 6.48. The van der Waals surface area contributed by atoms with E-state index in [1.165, 1.54) is 10.4 Å². The maximum atomic E-state index is 13.8.